The third kappa shape index (κ3) is 3.54. The van der Waals surface area contributed by atoms with Gasteiger partial charge in [0.25, 0.3) is 11.8 Å². The molecule has 182 valence electrons. The van der Waals surface area contributed by atoms with Crippen molar-refractivity contribution in [2.45, 2.75) is 24.4 Å². The molecule has 0 bridgehead atoms. The SMILES string of the molecule is O=C1N[C@@]2(CCOc3ccccc32)C(=O)N1CC(=O)N1N=C(c2ccc(Cl)cc2)C[C@@H]1c1ccco1. The van der Waals surface area contributed by atoms with Gasteiger partial charge in [0.05, 0.1) is 18.6 Å². The van der Waals surface area contributed by atoms with E-state index in [-0.39, 0.29) is 13.0 Å². The van der Waals surface area contributed by atoms with Crippen LogP contribution in [0.25, 0.3) is 0 Å². The first-order valence-corrected chi connectivity index (χ1v) is 11.9. The van der Waals surface area contributed by atoms with Gasteiger partial charge in [-0.25, -0.2) is 9.80 Å². The molecule has 1 saturated heterocycles. The maximum atomic E-state index is 13.6. The van der Waals surface area contributed by atoms with E-state index < -0.39 is 36.0 Å². The van der Waals surface area contributed by atoms with Gasteiger partial charge in [0, 0.05) is 23.4 Å². The van der Waals surface area contributed by atoms with Gasteiger partial charge < -0.3 is 14.5 Å². The number of fused-ring (bicyclic) bond motifs is 2. The number of nitrogens with zero attached hydrogens (tertiary/aromatic N) is 3. The Balaban J connectivity index is 1.29. The Morgan fingerprint density at radius 2 is 1.92 bits per heavy atom. The van der Waals surface area contributed by atoms with Crippen molar-refractivity contribution >= 4 is 35.2 Å². The fourth-order valence-corrected chi connectivity index (χ4v) is 5.11. The predicted octanol–water partition coefficient (Wildman–Crippen LogP) is 3.84. The average Bonchev–Trinajstić information content (AvgIpc) is 3.61. The van der Waals surface area contributed by atoms with E-state index in [9.17, 15) is 14.4 Å². The number of rotatable bonds is 4. The van der Waals surface area contributed by atoms with Crippen LogP contribution in [0.3, 0.4) is 0 Å². The number of carbonyl (C=O) groups excluding carboxylic acids is 3. The number of hydrazone groups is 1. The quantitative estimate of drug-likeness (QED) is 0.544. The molecule has 4 heterocycles. The van der Waals surface area contributed by atoms with Gasteiger partial charge in [-0.15, -0.1) is 0 Å². The van der Waals surface area contributed by atoms with Crippen molar-refractivity contribution in [3.05, 3.63) is 88.8 Å². The molecule has 6 rings (SSSR count). The zero-order chi connectivity index (χ0) is 24.9. The molecule has 3 aromatic rings. The van der Waals surface area contributed by atoms with Crippen LogP contribution in [0, 0.1) is 0 Å². The number of amides is 4. The molecule has 3 aliphatic heterocycles. The van der Waals surface area contributed by atoms with E-state index >= 15 is 0 Å². The summed E-state index contributed by atoms with van der Waals surface area (Å²) < 4.78 is 11.3. The Hall–Kier alpha value is -4.11. The molecule has 0 saturated carbocycles. The van der Waals surface area contributed by atoms with E-state index in [0.29, 0.717) is 34.2 Å². The molecule has 0 unspecified atom stereocenters. The Morgan fingerprint density at radius 1 is 1.11 bits per heavy atom. The van der Waals surface area contributed by atoms with E-state index in [2.05, 4.69) is 10.4 Å². The molecular weight excluding hydrogens is 484 g/mol. The molecular formula is C26H21ClN4O5. The molecule has 3 aliphatic rings. The third-order valence-electron chi connectivity index (χ3n) is 6.77. The molecule has 0 radical (unpaired) electrons. The number of furan rings is 1. The van der Waals surface area contributed by atoms with Crippen LogP contribution in [-0.2, 0) is 15.1 Å². The van der Waals surface area contributed by atoms with Crippen molar-refractivity contribution < 1.29 is 23.5 Å². The summed E-state index contributed by atoms with van der Waals surface area (Å²) in [6.07, 6.45) is 2.22. The summed E-state index contributed by atoms with van der Waals surface area (Å²) >= 11 is 6.02. The van der Waals surface area contributed by atoms with Crippen LogP contribution in [-0.4, -0.2) is 46.6 Å². The van der Waals surface area contributed by atoms with E-state index in [0.717, 1.165) is 10.5 Å². The second-order valence-electron chi connectivity index (χ2n) is 8.85. The largest absolute Gasteiger partial charge is 0.493 e. The molecule has 1 fully saturated rings. The van der Waals surface area contributed by atoms with Crippen LogP contribution in [0.1, 0.15) is 35.8 Å². The highest BCUT2D eigenvalue weighted by molar-refractivity contribution is 6.30. The van der Waals surface area contributed by atoms with E-state index in [4.69, 9.17) is 20.8 Å². The second-order valence-corrected chi connectivity index (χ2v) is 9.29. The minimum Gasteiger partial charge on any atom is -0.493 e. The number of halogens is 1. The van der Waals surface area contributed by atoms with E-state index in [1.165, 1.54) is 11.3 Å². The maximum Gasteiger partial charge on any atom is 0.325 e. The van der Waals surface area contributed by atoms with Crippen molar-refractivity contribution in [2.75, 3.05) is 13.2 Å². The Bertz CT molecular complexity index is 1390. The maximum absolute atomic E-state index is 13.6. The Kier molecular flexibility index (Phi) is 5.30. The molecule has 2 atom stereocenters. The van der Waals surface area contributed by atoms with Gasteiger partial charge >= 0.3 is 6.03 Å². The fraction of sp³-hybridized carbons (Fsp3) is 0.231. The minimum atomic E-state index is -1.25. The zero-order valence-electron chi connectivity index (χ0n) is 19.0. The molecule has 1 N–H and O–H groups in total. The minimum absolute atomic E-state index is 0.270. The van der Waals surface area contributed by atoms with Crippen LogP contribution in [0.15, 0.2) is 76.4 Å². The van der Waals surface area contributed by atoms with Crippen LogP contribution in [0.4, 0.5) is 4.79 Å². The highest BCUT2D eigenvalue weighted by Crippen LogP contribution is 2.41. The first kappa shape index (κ1) is 22.4. The average molecular weight is 505 g/mol. The molecule has 0 aliphatic carbocycles. The van der Waals surface area contributed by atoms with Gasteiger partial charge in [0.1, 0.15) is 24.1 Å². The first-order chi connectivity index (χ1) is 17.5. The number of hydrogen-bond donors (Lipinski definition) is 1. The van der Waals surface area contributed by atoms with Crippen molar-refractivity contribution in [3.63, 3.8) is 0 Å². The lowest BCUT2D eigenvalue weighted by molar-refractivity contribution is -0.140. The van der Waals surface area contributed by atoms with Crippen LogP contribution in [0.2, 0.25) is 5.02 Å². The lowest BCUT2D eigenvalue weighted by Crippen LogP contribution is -2.48. The number of ether oxygens (including phenoxy) is 1. The van der Waals surface area contributed by atoms with E-state index in [1.54, 1.807) is 48.5 Å². The topological polar surface area (TPSA) is 104 Å². The molecule has 2 aromatic carbocycles. The van der Waals surface area contributed by atoms with Crippen molar-refractivity contribution in [3.8, 4) is 5.75 Å². The fourth-order valence-electron chi connectivity index (χ4n) is 4.98. The molecule has 4 amide bonds. The number of para-hydroxylation sites is 1. The van der Waals surface area contributed by atoms with Gasteiger partial charge in [0.15, 0.2) is 5.54 Å². The van der Waals surface area contributed by atoms with Gasteiger partial charge in [-0.1, -0.05) is 41.9 Å². The molecule has 36 heavy (non-hydrogen) atoms. The summed E-state index contributed by atoms with van der Waals surface area (Å²) in [7, 11) is 0. The number of hydrogen-bond acceptors (Lipinski definition) is 6. The van der Waals surface area contributed by atoms with Gasteiger partial charge in [0.2, 0.25) is 0 Å². The summed E-state index contributed by atoms with van der Waals surface area (Å²) in [5.74, 6) is 0.122. The normalized spacial score (nSPS) is 22.9. The Morgan fingerprint density at radius 3 is 2.69 bits per heavy atom. The lowest BCUT2D eigenvalue weighted by atomic mass is 9.84. The summed E-state index contributed by atoms with van der Waals surface area (Å²) in [5, 5.41) is 9.28. The second kappa shape index (κ2) is 8.53. The number of benzene rings is 2. The molecule has 1 spiro atoms. The number of carbonyl (C=O) groups is 3. The van der Waals surface area contributed by atoms with Crippen LogP contribution >= 0.6 is 11.6 Å². The van der Waals surface area contributed by atoms with Crippen molar-refractivity contribution in [1.29, 1.82) is 0 Å². The number of imide groups is 1. The predicted molar refractivity (Wildman–Crippen MR) is 129 cm³/mol. The number of urea groups is 1. The highest BCUT2D eigenvalue weighted by atomic mass is 35.5. The smallest absolute Gasteiger partial charge is 0.325 e. The zero-order valence-corrected chi connectivity index (χ0v) is 19.8. The summed E-state index contributed by atoms with van der Waals surface area (Å²) in [4.78, 5) is 41.0. The van der Waals surface area contributed by atoms with E-state index in [1.807, 2.05) is 12.1 Å². The van der Waals surface area contributed by atoms with Gasteiger partial charge in [-0.3, -0.25) is 14.5 Å². The summed E-state index contributed by atoms with van der Waals surface area (Å²) in [5.41, 5.74) is 0.824. The van der Waals surface area contributed by atoms with Crippen molar-refractivity contribution in [1.82, 2.24) is 15.2 Å². The number of nitrogens with one attached hydrogen (secondary N) is 1. The standard InChI is InChI=1S/C26H21ClN4O5/c27-17-9-7-16(8-10-17)19-14-20(22-6-3-12-35-22)31(29-19)23(32)15-30-24(33)26(28-25(30)34)11-13-36-21-5-2-1-4-18(21)26/h1-10,12,20H,11,13-15H2,(H,28,34)/t20-,26-/m1/s1. The van der Waals surface area contributed by atoms with Gasteiger partial charge in [-0.2, -0.15) is 5.10 Å². The summed E-state index contributed by atoms with van der Waals surface area (Å²) in [6.45, 7) is -0.184. The lowest BCUT2D eigenvalue weighted by Gasteiger charge is -2.33. The summed E-state index contributed by atoms with van der Waals surface area (Å²) in [6, 6.07) is 16.7. The third-order valence-corrected chi connectivity index (χ3v) is 7.02. The van der Waals surface area contributed by atoms with Crippen LogP contribution in [0.5, 0.6) is 5.75 Å². The molecule has 1 aromatic heterocycles. The monoisotopic (exact) mass is 504 g/mol. The van der Waals surface area contributed by atoms with Crippen LogP contribution < -0.4 is 10.1 Å². The van der Waals surface area contributed by atoms with Gasteiger partial charge in [-0.05, 0) is 35.9 Å². The highest BCUT2D eigenvalue weighted by Gasteiger charge is 2.55. The Labute approximate surface area is 211 Å². The molecule has 9 nitrogen and oxygen atoms in total. The first-order valence-electron chi connectivity index (χ1n) is 11.5. The van der Waals surface area contributed by atoms with Crippen molar-refractivity contribution in [2.24, 2.45) is 5.10 Å². The molecule has 10 heteroatoms.